The maximum absolute atomic E-state index is 4.58. The lowest BCUT2D eigenvalue weighted by atomic mass is 10.1. The molecule has 38 heavy (non-hydrogen) atoms. The predicted octanol–water partition coefficient (Wildman–Crippen LogP) is 5.12. The summed E-state index contributed by atoms with van der Waals surface area (Å²) in [4.78, 5) is 18.6. The Bertz CT molecular complexity index is 1270. The first kappa shape index (κ1) is 25.5. The summed E-state index contributed by atoms with van der Waals surface area (Å²) in [6.45, 7) is 4.89. The van der Waals surface area contributed by atoms with Gasteiger partial charge >= 0.3 is 0 Å². The summed E-state index contributed by atoms with van der Waals surface area (Å²) in [5.41, 5.74) is 5.78. The maximum Gasteiger partial charge on any atom is 0.0569 e. The molecule has 1 aliphatic heterocycles. The molecule has 0 spiro atoms. The number of nitrogens with one attached hydrogen (secondary N) is 1. The van der Waals surface area contributed by atoms with Crippen LogP contribution in [0, 0.1) is 0 Å². The van der Waals surface area contributed by atoms with E-state index in [4.69, 9.17) is 0 Å². The number of pyridine rings is 3. The van der Waals surface area contributed by atoms with Gasteiger partial charge in [-0.05, 0) is 59.8 Å². The van der Waals surface area contributed by atoms with Gasteiger partial charge in [-0.1, -0.05) is 54.6 Å². The van der Waals surface area contributed by atoms with Crippen LogP contribution in [0.15, 0.2) is 122 Å². The molecular formula is C32H34N6. The lowest BCUT2D eigenvalue weighted by Gasteiger charge is -2.27. The Hall–Kier alpha value is -4.13. The van der Waals surface area contributed by atoms with Crippen LogP contribution in [0.1, 0.15) is 28.2 Å². The Kier molecular flexibility index (Phi) is 9.01. The van der Waals surface area contributed by atoms with E-state index in [0.717, 1.165) is 56.4 Å². The van der Waals surface area contributed by atoms with Gasteiger partial charge in [0.15, 0.2) is 0 Å². The minimum atomic E-state index is 0.277. The second-order valence-corrected chi connectivity index (χ2v) is 9.62. The fourth-order valence-electron chi connectivity index (χ4n) is 4.74. The molecule has 3 aromatic heterocycles. The third-order valence-corrected chi connectivity index (χ3v) is 6.45. The van der Waals surface area contributed by atoms with Crippen molar-refractivity contribution >= 4 is 0 Å². The highest BCUT2D eigenvalue weighted by Gasteiger charge is 2.15. The predicted molar refractivity (Wildman–Crippen MR) is 151 cm³/mol. The molecular weight excluding hydrogens is 468 g/mol. The molecule has 192 valence electrons. The fraction of sp³-hybridized carbons (Fsp3) is 0.219. The average Bonchev–Trinajstić information content (AvgIpc) is 2.95. The van der Waals surface area contributed by atoms with Gasteiger partial charge in [-0.2, -0.15) is 0 Å². The van der Waals surface area contributed by atoms with Crippen molar-refractivity contribution in [1.82, 2.24) is 30.1 Å². The average molecular weight is 503 g/mol. The number of benzene rings is 1. The molecule has 4 aromatic rings. The third-order valence-electron chi connectivity index (χ3n) is 6.45. The van der Waals surface area contributed by atoms with Gasteiger partial charge in [-0.3, -0.25) is 24.8 Å². The molecule has 0 aliphatic carbocycles. The summed E-state index contributed by atoms with van der Waals surface area (Å²) in [5, 5.41) is 3.46. The SMILES string of the molecule is C1=CNC(CN(Cc2cccc(CN(Cc3ccccn3)Cc3ccccn3)c2)Cc2ccccn2)C=C1. The van der Waals surface area contributed by atoms with E-state index in [1.54, 1.807) is 0 Å². The standard InChI is InChI=1S/C32H34N6/c1-5-16-33-29(12-1)23-37(24-30-13-2-6-17-34-30)21-27-10-9-11-28(20-27)22-38(25-31-14-3-7-18-35-31)26-32-15-4-8-19-36-32/h1-20,29,33H,21-26H2. The van der Waals surface area contributed by atoms with Gasteiger partial charge < -0.3 is 5.32 Å². The second-order valence-electron chi connectivity index (χ2n) is 9.62. The number of nitrogens with zero attached hydrogens (tertiary/aromatic N) is 5. The van der Waals surface area contributed by atoms with Crippen molar-refractivity contribution in [2.75, 3.05) is 6.54 Å². The van der Waals surface area contributed by atoms with Crippen LogP contribution in [0.3, 0.4) is 0 Å². The largest absolute Gasteiger partial charge is 0.383 e. The zero-order valence-corrected chi connectivity index (χ0v) is 21.6. The minimum Gasteiger partial charge on any atom is -0.383 e. The molecule has 0 radical (unpaired) electrons. The van der Waals surface area contributed by atoms with Crippen molar-refractivity contribution in [2.45, 2.75) is 38.8 Å². The third kappa shape index (κ3) is 7.93. The quantitative estimate of drug-likeness (QED) is 0.290. The highest BCUT2D eigenvalue weighted by molar-refractivity contribution is 5.24. The topological polar surface area (TPSA) is 57.2 Å². The number of allylic oxidation sites excluding steroid dienone is 2. The van der Waals surface area contributed by atoms with E-state index >= 15 is 0 Å². The molecule has 5 rings (SSSR count). The van der Waals surface area contributed by atoms with Crippen LogP contribution in [0.2, 0.25) is 0 Å². The van der Waals surface area contributed by atoms with Crippen LogP contribution in [-0.2, 0) is 32.7 Å². The molecule has 0 amide bonds. The lowest BCUT2D eigenvalue weighted by molar-refractivity contribution is 0.237. The van der Waals surface area contributed by atoms with E-state index in [1.165, 1.54) is 11.1 Å². The monoisotopic (exact) mass is 502 g/mol. The highest BCUT2D eigenvalue weighted by Crippen LogP contribution is 2.16. The molecule has 1 N–H and O–H groups in total. The van der Waals surface area contributed by atoms with E-state index in [9.17, 15) is 0 Å². The van der Waals surface area contributed by atoms with Crippen molar-refractivity contribution in [3.05, 3.63) is 150 Å². The van der Waals surface area contributed by atoms with Crippen molar-refractivity contribution in [3.63, 3.8) is 0 Å². The number of dihydropyridines is 1. The fourth-order valence-corrected chi connectivity index (χ4v) is 4.74. The molecule has 1 aromatic carbocycles. The van der Waals surface area contributed by atoms with Gasteiger partial charge in [0.1, 0.15) is 0 Å². The summed E-state index contributed by atoms with van der Waals surface area (Å²) in [6, 6.07) is 27.5. The molecule has 1 atom stereocenters. The minimum absolute atomic E-state index is 0.277. The number of rotatable bonds is 12. The molecule has 4 heterocycles. The van der Waals surface area contributed by atoms with E-state index in [1.807, 2.05) is 61.2 Å². The summed E-state index contributed by atoms with van der Waals surface area (Å²) < 4.78 is 0. The Balaban J connectivity index is 1.31. The van der Waals surface area contributed by atoms with E-state index in [2.05, 4.69) is 90.8 Å². The zero-order chi connectivity index (χ0) is 25.8. The molecule has 6 heteroatoms. The Morgan fingerprint density at radius 2 is 1.13 bits per heavy atom. The van der Waals surface area contributed by atoms with Gasteiger partial charge in [0.2, 0.25) is 0 Å². The van der Waals surface area contributed by atoms with Crippen molar-refractivity contribution in [2.24, 2.45) is 0 Å². The van der Waals surface area contributed by atoms with Crippen LogP contribution in [0.4, 0.5) is 0 Å². The van der Waals surface area contributed by atoms with Crippen molar-refractivity contribution < 1.29 is 0 Å². The van der Waals surface area contributed by atoms with Gasteiger partial charge in [-0.15, -0.1) is 0 Å². The van der Waals surface area contributed by atoms with Crippen LogP contribution in [0.5, 0.6) is 0 Å². The van der Waals surface area contributed by atoms with Crippen molar-refractivity contribution in [1.29, 1.82) is 0 Å². The number of hydrogen-bond acceptors (Lipinski definition) is 6. The maximum atomic E-state index is 4.58. The van der Waals surface area contributed by atoms with Gasteiger partial charge in [0.25, 0.3) is 0 Å². The summed E-state index contributed by atoms with van der Waals surface area (Å²) in [6.07, 6.45) is 14.0. The summed E-state index contributed by atoms with van der Waals surface area (Å²) in [5.74, 6) is 0. The number of hydrogen-bond donors (Lipinski definition) is 1. The highest BCUT2D eigenvalue weighted by atomic mass is 15.2. The molecule has 0 bridgehead atoms. The molecule has 0 saturated heterocycles. The van der Waals surface area contributed by atoms with E-state index in [0.29, 0.717) is 0 Å². The first-order chi connectivity index (χ1) is 18.8. The first-order valence-electron chi connectivity index (χ1n) is 13.1. The summed E-state index contributed by atoms with van der Waals surface area (Å²) >= 11 is 0. The Labute approximate surface area is 225 Å². The first-order valence-corrected chi connectivity index (χ1v) is 13.1. The van der Waals surface area contributed by atoms with E-state index in [-0.39, 0.29) is 6.04 Å². The van der Waals surface area contributed by atoms with Crippen LogP contribution in [-0.4, -0.2) is 37.3 Å². The molecule has 1 unspecified atom stereocenters. The lowest BCUT2D eigenvalue weighted by Crippen LogP contribution is -2.38. The van der Waals surface area contributed by atoms with Crippen LogP contribution >= 0.6 is 0 Å². The molecule has 0 fully saturated rings. The molecule has 1 aliphatic rings. The van der Waals surface area contributed by atoms with Crippen LogP contribution in [0.25, 0.3) is 0 Å². The normalized spacial score (nSPS) is 14.6. The molecule has 6 nitrogen and oxygen atoms in total. The molecule has 0 saturated carbocycles. The number of aromatic nitrogens is 3. The smallest absolute Gasteiger partial charge is 0.0569 e. The second kappa shape index (κ2) is 13.4. The van der Waals surface area contributed by atoms with Gasteiger partial charge in [0.05, 0.1) is 23.1 Å². The van der Waals surface area contributed by atoms with Gasteiger partial charge in [0, 0.05) is 57.9 Å². The van der Waals surface area contributed by atoms with Gasteiger partial charge in [-0.25, -0.2) is 0 Å². The Morgan fingerprint density at radius 1 is 0.579 bits per heavy atom. The van der Waals surface area contributed by atoms with Crippen LogP contribution < -0.4 is 5.32 Å². The van der Waals surface area contributed by atoms with Crippen molar-refractivity contribution in [3.8, 4) is 0 Å². The summed E-state index contributed by atoms with van der Waals surface area (Å²) in [7, 11) is 0. The van der Waals surface area contributed by atoms with E-state index < -0.39 is 0 Å². The zero-order valence-electron chi connectivity index (χ0n) is 21.6. The Morgan fingerprint density at radius 3 is 1.63 bits per heavy atom.